The highest BCUT2D eigenvalue weighted by Gasteiger charge is 2.17. The molecule has 6 aromatic rings. The molecule has 5 aromatic heterocycles. The number of benzene rings is 1. The van der Waals surface area contributed by atoms with Gasteiger partial charge in [-0.05, 0) is 35.9 Å². The SMILES string of the molecule is COc1cc(F)cc(-c2ccnc3nc(-c4n[nH]c5cnc(-c6cncc(N(C)C)c6)cc45)[nH]c23)c1. The molecule has 6 rings (SSSR count). The van der Waals surface area contributed by atoms with E-state index in [4.69, 9.17) is 4.74 Å². The van der Waals surface area contributed by atoms with Gasteiger partial charge in [0.2, 0.25) is 0 Å². The molecular weight excluding hydrogens is 459 g/mol. The number of anilines is 1. The average Bonchev–Trinajstić information content (AvgIpc) is 3.51. The number of methoxy groups -OCH3 is 1. The Morgan fingerprint density at radius 3 is 2.69 bits per heavy atom. The number of nitrogens with one attached hydrogen (secondary N) is 2. The molecule has 0 atom stereocenters. The van der Waals surface area contributed by atoms with E-state index in [1.165, 1.54) is 19.2 Å². The molecule has 0 saturated heterocycles. The van der Waals surface area contributed by atoms with Crippen molar-refractivity contribution in [3.63, 3.8) is 0 Å². The van der Waals surface area contributed by atoms with Gasteiger partial charge in [0.15, 0.2) is 11.5 Å². The Kier molecular flexibility index (Phi) is 5.06. The largest absolute Gasteiger partial charge is 0.497 e. The van der Waals surface area contributed by atoms with Gasteiger partial charge in [-0.1, -0.05) is 0 Å². The van der Waals surface area contributed by atoms with Gasteiger partial charge in [-0.3, -0.25) is 15.1 Å². The minimum Gasteiger partial charge on any atom is -0.497 e. The Labute approximate surface area is 205 Å². The molecular formula is C26H21FN8O. The Hall–Kier alpha value is -4.86. The Bertz CT molecular complexity index is 1740. The van der Waals surface area contributed by atoms with Gasteiger partial charge in [0.25, 0.3) is 0 Å². The van der Waals surface area contributed by atoms with Gasteiger partial charge in [-0.15, -0.1) is 0 Å². The maximum absolute atomic E-state index is 14.2. The molecule has 0 radical (unpaired) electrons. The van der Waals surface area contributed by atoms with Crippen molar-refractivity contribution in [3.05, 3.63) is 67.0 Å². The van der Waals surface area contributed by atoms with Crippen LogP contribution in [0.25, 0.3) is 56.0 Å². The van der Waals surface area contributed by atoms with Crippen molar-refractivity contribution in [1.29, 1.82) is 0 Å². The quantitative estimate of drug-likeness (QED) is 0.363. The van der Waals surface area contributed by atoms with Crippen molar-refractivity contribution in [2.24, 2.45) is 0 Å². The predicted octanol–water partition coefficient (Wildman–Crippen LogP) is 4.84. The van der Waals surface area contributed by atoms with E-state index >= 15 is 0 Å². The van der Waals surface area contributed by atoms with Crippen molar-refractivity contribution < 1.29 is 9.13 Å². The van der Waals surface area contributed by atoms with Crippen LogP contribution in [0.5, 0.6) is 5.75 Å². The summed E-state index contributed by atoms with van der Waals surface area (Å²) in [6, 6.07) is 10.4. The summed E-state index contributed by atoms with van der Waals surface area (Å²) >= 11 is 0. The lowest BCUT2D eigenvalue weighted by Gasteiger charge is -2.12. The van der Waals surface area contributed by atoms with E-state index < -0.39 is 0 Å². The van der Waals surface area contributed by atoms with Gasteiger partial charge in [0.05, 0.1) is 41.9 Å². The molecule has 0 fully saturated rings. The molecule has 0 saturated carbocycles. The number of aromatic nitrogens is 7. The van der Waals surface area contributed by atoms with Gasteiger partial charge >= 0.3 is 0 Å². The van der Waals surface area contributed by atoms with Crippen molar-refractivity contribution >= 4 is 27.8 Å². The number of rotatable bonds is 5. The number of halogens is 1. The molecule has 0 aliphatic heterocycles. The molecule has 0 bridgehead atoms. The van der Waals surface area contributed by atoms with E-state index in [9.17, 15) is 4.39 Å². The van der Waals surface area contributed by atoms with Crippen molar-refractivity contribution in [3.8, 4) is 39.7 Å². The molecule has 0 aliphatic carbocycles. The van der Waals surface area contributed by atoms with Crippen LogP contribution in [0, 0.1) is 5.82 Å². The van der Waals surface area contributed by atoms with Crippen LogP contribution >= 0.6 is 0 Å². The molecule has 0 spiro atoms. The smallest absolute Gasteiger partial charge is 0.178 e. The van der Waals surface area contributed by atoms with E-state index in [1.807, 2.05) is 37.2 Å². The van der Waals surface area contributed by atoms with Gasteiger partial charge in [0.1, 0.15) is 17.3 Å². The molecule has 2 N–H and O–H groups in total. The second-order valence-electron chi connectivity index (χ2n) is 8.54. The third kappa shape index (κ3) is 3.68. The number of ether oxygens (including phenoxy) is 1. The van der Waals surface area contributed by atoms with Gasteiger partial charge in [0, 0.05) is 49.1 Å². The first-order chi connectivity index (χ1) is 17.5. The zero-order chi connectivity index (χ0) is 24.8. The Balaban J connectivity index is 1.47. The maximum atomic E-state index is 14.2. The average molecular weight is 481 g/mol. The summed E-state index contributed by atoms with van der Waals surface area (Å²) in [7, 11) is 5.44. The minimum absolute atomic E-state index is 0.389. The predicted molar refractivity (Wildman–Crippen MR) is 136 cm³/mol. The summed E-state index contributed by atoms with van der Waals surface area (Å²) in [5.41, 5.74) is 6.62. The molecule has 0 amide bonds. The maximum Gasteiger partial charge on any atom is 0.178 e. The second kappa shape index (κ2) is 8.42. The first-order valence-electron chi connectivity index (χ1n) is 11.2. The number of imidazole rings is 1. The Morgan fingerprint density at radius 1 is 0.972 bits per heavy atom. The van der Waals surface area contributed by atoms with E-state index in [-0.39, 0.29) is 5.82 Å². The minimum atomic E-state index is -0.389. The number of hydrogen-bond acceptors (Lipinski definition) is 7. The normalized spacial score (nSPS) is 11.3. The molecule has 0 aliphatic rings. The Morgan fingerprint density at radius 2 is 1.86 bits per heavy atom. The second-order valence-corrected chi connectivity index (χ2v) is 8.54. The molecule has 10 heteroatoms. The fourth-order valence-corrected chi connectivity index (χ4v) is 4.17. The van der Waals surface area contributed by atoms with E-state index in [1.54, 1.807) is 30.9 Å². The van der Waals surface area contributed by atoms with Crippen LogP contribution in [0.2, 0.25) is 0 Å². The van der Waals surface area contributed by atoms with Crippen molar-refractivity contribution in [1.82, 2.24) is 35.1 Å². The van der Waals surface area contributed by atoms with E-state index in [0.29, 0.717) is 34.0 Å². The number of H-pyrrole nitrogens is 2. The molecule has 5 heterocycles. The summed E-state index contributed by atoms with van der Waals surface area (Å²) in [4.78, 5) is 23.4. The van der Waals surface area contributed by atoms with Crippen LogP contribution in [-0.4, -0.2) is 56.3 Å². The number of fused-ring (bicyclic) bond motifs is 2. The summed E-state index contributed by atoms with van der Waals surface area (Å²) in [5, 5.41) is 8.37. The van der Waals surface area contributed by atoms with Crippen LogP contribution in [0.15, 0.2) is 61.2 Å². The number of pyridine rings is 3. The van der Waals surface area contributed by atoms with Crippen LogP contribution in [0.4, 0.5) is 10.1 Å². The first-order valence-corrected chi connectivity index (χ1v) is 11.2. The van der Waals surface area contributed by atoms with Gasteiger partial charge in [-0.2, -0.15) is 5.10 Å². The number of hydrogen-bond donors (Lipinski definition) is 2. The lowest BCUT2D eigenvalue weighted by atomic mass is 10.1. The van der Waals surface area contributed by atoms with E-state index in [0.717, 1.165) is 33.4 Å². The number of nitrogens with zero attached hydrogens (tertiary/aromatic N) is 6. The zero-order valence-electron chi connectivity index (χ0n) is 19.7. The topological polar surface area (TPSA) is 108 Å². The van der Waals surface area contributed by atoms with Crippen LogP contribution in [0.1, 0.15) is 0 Å². The zero-order valence-corrected chi connectivity index (χ0v) is 19.7. The fraction of sp³-hybridized carbons (Fsp3) is 0.115. The van der Waals surface area contributed by atoms with Crippen molar-refractivity contribution in [2.75, 3.05) is 26.1 Å². The molecule has 1 aromatic carbocycles. The molecule has 9 nitrogen and oxygen atoms in total. The lowest BCUT2D eigenvalue weighted by molar-refractivity contribution is 0.411. The third-order valence-electron chi connectivity index (χ3n) is 6.02. The standard InChI is InChI=1S/C26H21FN8O/c1-35(2)17-7-15(11-28-12-17)21-10-20-22(13-30-21)33-34-24(20)26-31-23-19(4-5-29-25(23)32-26)14-6-16(27)9-18(8-14)36-3/h4-13H,1-3H3,(H,33,34)(H,29,31,32). The molecule has 36 heavy (non-hydrogen) atoms. The van der Waals surface area contributed by atoms with Crippen LogP contribution in [-0.2, 0) is 0 Å². The summed E-state index contributed by atoms with van der Waals surface area (Å²) in [6.45, 7) is 0. The molecule has 0 unspecified atom stereocenters. The first kappa shape index (κ1) is 21.7. The monoisotopic (exact) mass is 480 g/mol. The van der Waals surface area contributed by atoms with E-state index in [2.05, 4.69) is 35.1 Å². The highest BCUT2D eigenvalue weighted by atomic mass is 19.1. The summed E-state index contributed by atoms with van der Waals surface area (Å²) in [6.07, 6.45) is 6.98. The highest BCUT2D eigenvalue weighted by molar-refractivity contribution is 5.96. The van der Waals surface area contributed by atoms with Crippen LogP contribution in [0.3, 0.4) is 0 Å². The van der Waals surface area contributed by atoms with Crippen LogP contribution < -0.4 is 9.64 Å². The fourth-order valence-electron chi connectivity index (χ4n) is 4.17. The number of aromatic amines is 2. The van der Waals surface area contributed by atoms with Gasteiger partial charge < -0.3 is 14.6 Å². The van der Waals surface area contributed by atoms with Gasteiger partial charge in [-0.25, -0.2) is 14.4 Å². The summed E-state index contributed by atoms with van der Waals surface area (Å²) < 4.78 is 19.4. The lowest BCUT2D eigenvalue weighted by Crippen LogP contribution is -2.08. The summed E-state index contributed by atoms with van der Waals surface area (Å²) in [5.74, 6) is 0.581. The highest BCUT2D eigenvalue weighted by Crippen LogP contribution is 2.33. The molecule has 178 valence electrons. The van der Waals surface area contributed by atoms with Crippen molar-refractivity contribution in [2.45, 2.75) is 0 Å². The third-order valence-corrected chi connectivity index (χ3v) is 6.02.